The van der Waals surface area contributed by atoms with E-state index in [1.807, 2.05) is 0 Å². The van der Waals surface area contributed by atoms with Gasteiger partial charge in [0.25, 0.3) is 0 Å². The molecule has 0 radical (unpaired) electrons. The Kier molecular flexibility index (Phi) is 7.39. The van der Waals surface area contributed by atoms with Gasteiger partial charge in [-0.2, -0.15) is 0 Å². The SMILES string of the molecule is c1cc(-c2ccc3c(c2)C2(c4ccccc4Oc4ccccc42)c2ccccc2-3)cc(-c2ccccc2-c2nc(-c3cccc4ccccc34)nc3c2sc2ccccc23)c1. The molecule has 0 saturated carbocycles. The summed E-state index contributed by atoms with van der Waals surface area (Å²) in [6, 6.07) is 74.3. The third-order valence-corrected chi connectivity index (χ3v) is 14.0. The fraction of sp³-hybridized carbons (Fsp3) is 0.0175. The minimum atomic E-state index is -0.526. The van der Waals surface area contributed by atoms with Crippen LogP contribution in [-0.4, -0.2) is 9.97 Å². The number of hydrogen-bond donors (Lipinski definition) is 0. The first-order valence-corrected chi connectivity index (χ1v) is 21.5. The molecule has 1 aliphatic heterocycles. The summed E-state index contributed by atoms with van der Waals surface area (Å²) >= 11 is 1.77. The van der Waals surface area contributed by atoms with Crippen molar-refractivity contribution in [3.8, 4) is 67.5 Å². The zero-order valence-electron chi connectivity index (χ0n) is 32.8. The Hall–Kier alpha value is -7.66. The second-order valence-corrected chi connectivity index (χ2v) is 17.0. The highest BCUT2D eigenvalue weighted by molar-refractivity contribution is 7.26. The van der Waals surface area contributed by atoms with Crippen LogP contribution in [0, 0.1) is 0 Å². The summed E-state index contributed by atoms with van der Waals surface area (Å²) in [5.41, 5.74) is 15.5. The van der Waals surface area contributed by atoms with E-state index in [-0.39, 0.29) is 0 Å². The summed E-state index contributed by atoms with van der Waals surface area (Å²) in [5, 5.41) is 3.46. The number of rotatable bonds is 4. The van der Waals surface area contributed by atoms with Crippen LogP contribution in [0.5, 0.6) is 11.5 Å². The lowest BCUT2D eigenvalue weighted by Crippen LogP contribution is -2.32. The molecule has 61 heavy (non-hydrogen) atoms. The molecule has 13 rings (SSSR count). The number of nitrogens with zero attached hydrogens (tertiary/aromatic N) is 2. The van der Waals surface area contributed by atoms with Gasteiger partial charge in [0.2, 0.25) is 0 Å². The molecule has 0 bridgehead atoms. The minimum absolute atomic E-state index is 0.526. The van der Waals surface area contributed by atoms with E-state index >= 15 is 0 Å². The smallest absolute Gasteiger partial charge is 0.161 e. The van der Waals surface area contributed by atoms with Gasteiger partial charge in [-0.15, -0.1) is 11.3 Å². The number of thiophene rings is 1. The lowest BCUT2D eigenvalue weighted by molar-refractivity contribution is 0.436. The van der Waals surface area contributed by atoms with E-state index in [2.05, 4.69) is 206 Å². The highest BCUT2D eigenvalue weighted by atomic mass is 32.1. The van der Waals surface area contributed by atoms with Crippen LogP contribution in [0.15, 0.2) is 206 Å². The summed E-state index contributed by atoms with van der Waals surface area (Å²) in [6.07, 6.45) is 0. The third kappa shape index (κ3) is 4.97. The maximum Gasteiger partial charge on any atom is 0.161 e. The van der Waals surface area contributed by atoms with Crippen LogP contribution < -0.4 is 4.74 Å². The zero-order valence-corrected chi connectivity index (χ0v) is 33.7. The Morgan fingerprint density at radius 3 is 1.82 bits per heavy atom. The maximum absolute atomic E-state index is 6.61. The van der Waals surface area contributed by atoms with E-state index in [0.717, 1.165) is 71.8 Å². The van der Waals surface area contributed by atoms with Crippen LogP contribution in [-0.2, 0) is 5.41 Å². The number of ether oxygens (including phenoxy) is 1. The van der Waals surface area contributed by atoms with Crippen molar-refractivity contribution in [1.29, 1.82) is 0 Å². The molecular weight excluding hydrogens is 761 g/mol. The molecular formula is C57H34N2OS. The molecule has 2 aliphatic rings. The van der Waals surface area contributed by atoms with E-state index in [1.54, 1.807) is 11.3 Å². The molecule has 1 aliphatic carbocycles. The number of hydrogen-bond acceptors (Lipinski definition) is 4. The molecule has 284 valence electrons. The number of fused-ring (bicyclic) bond motifs is 13. The molecule has 1 spiro atoms. The van der Waals surface area contributed by atoms with Gasteiger partial charge in [0.1, 0.15) is 11.5 Å². The highest BCUT2D eigenvalue weighted by Gasteiger charge is 2.51. The standard InChI is InChI=1S/C57H34N2OS/c1-2-19-39-35(15-1)16-14-24-44(39)56-58-53(55-54(59-56)45-23-6-12-30-52(45)61-55)43-22-4-3-20-40(43)38-18-13-17-36(33-38)37-31-32-42-41-21-5-7-25-46(41)57(49(42)34-37)47-26-8-10-28-50(47)60-51-29-11-9-27-48(51)57/h1-34H. The van der Waals surface area contributed by atoms with Gasteiger partial charge in [0.15, 0.2) is 5.82 Å². The van der Waals surface area contributed by atoms with Crippen LogP contribution >= 0.6 is 11.3 Å². The average molecular weight is 795 g/mol. The molecule has 0 fully saturated rings. The minimum Gasteiger partial charge on any atom is -0.457 e. The summed E-state index contributed by atoms with van der Waals surface area (Å²) in [5.74, 6) is 2.53. The molecule has 9 aromatic carbocycles. The van der Waals surface area contributed by atoms with Crippen LogP contribution in [0.2, 0.25) is 0 Å². The van der Waals surface area contributed by atoms with Gasteiger partial charge in [-0.25, -0.2) is 9.97 Å². The highest BCUT2D eigenvalue weighted by Crippen LogP contribution is 2.62. The first-order chi connectivity index (χ1) is 30.2. The normalized spacial score (nSPS) is 13.2. The first kappa shape index (κ1) is 34.2. The van der Waals surface area contributed by atoms with Gasteiger partial charge in [-0.3, -0.25) is 0 Å². The molecule has 0 amide bonds. The van der Waals surface area contributed by atoms with Gasteiger partial charge in [0, 0.05) is 32.3 Å². The fourth-order valence-corrected chi connectivity index (χ4v) is 11.3. The van der Waals surface area contributed by atoms with Gasteiger partial charge in [-0.05, 0) is 85.6 Å². The predicted octanol–water partition coefficient (Wildman–Crippen LogP) is 15.1. The van der Waals surface area contributed by atoms with Gasteiger partial charge >= 0.3 is 0 Å². The molecule has 2 aromatic heterocycles. The number of aromatic nitrogens is 2. The average Bonchev–Trinajstić information content (AvgIpc) is 3.85. The van der Waals surface area contributed by atoms with Crippen molar-refractivity contribution in [1.82, 2.24) is 9.97 Å². The molecule has 3 heterocycles. The maximum atomic E-state index is 6.61. The van der Waals surface area contributed by atoms with Crippen molar-refractivity contribution in [3.63, 3.8) is 0 Å². The van der Waals surface area contributed by atoms with Gasteiger partial charge in [0.05, 0.1) is 21.3 Å². The van der Waals surface area contributed by atoms with Crippen molar-refractivity contribution >= 4 is 42.4 Å². The first-order valence-electron chi connectivity index (χ1n) is 20.7. The fourth-order valence-electron chi connectivity index (χ4n) is 10.2. The molecule has 0 saturated heterocycles. The molecule has 3 nitrogen and oxygen atoms in total. The van der Waals surface area contributed by atoms with E-state index in [4.69, 9.17) is 14.7 Å². The van der Waals surface area contributed by atoms with Crippen molar-refractivity contribution in [2.45, 2.75) is 5.41 Å². The molecule has 4 heteroatoms. The summed E-state index contributed by atoms with van der Waals surface area (Å²) in [4.78, 5) is 10.8. The van der Waals surface area contributed by atoms with Gasteiger partial charge in [-0.1, -0.05) is 176 Å². The third-order valence-electron chi connectivity index (χ3n) is 12.8. The topological polar surface area (TPSA) is 35.0 Å². The van der Waals surface area contributed by atoms with E-state index in [0.29, 0.717) is 0 Å². The van der Waals surface area contributed by atoms with Crippen molar-refractivity contribution in [2.75, 3.05) is 0 Å². The second-order valence-electron chi connectivity index (χ2n) is 16.0. The quantitative estimate of drug-likeness (QED) is 0.178. The second kappa shape index (κ2) is 13.2. The lowest BCUT2D eigenvalue weighted by Gasteiger charge is -2.39. The predicted molar refractivity (Wildman–Crippen MR) is 252 cm³/mol. The van der Waals surface area contributed by atoms with Crippen LogP contribution in [0.4, 0.5) is 0 Å². The monoisotopic (exact) mass is 794 g/mol. The number of para-hydroxylation sites is 2. The van der Waals surface area contributed by atoms with Crippen molar-refractivity contribution in [2.24, 2.45) is 0 Å². The lowest BCUT2D eigenvalue weighted by atomic mass is 9.66. The summed E-state index contributed by atoms with van der Waals surface area (Å²) < 4.78 is 8.90. The largest absolute Gasteiger partial charge is 0.457 e. The molecule has 0 N–H and O–H groups in total. The van der Waals surface area contributed by atoms with Crippen LogP contribution in [0.3, 0.4) is 0 Å². The number of benzene rings is 9. The van der Waals surface area contributed by atoms with E-state index < -0.39 is 5.41 Å². The van der Waals surface area contributed by atoms with Crippen LogP contribution in [0.1, 0.15) is 22.3 Å². The van der Waals surface area contributed by atoms with E-state index in [1.165, 1.54) is 49.0 Å². The van der Waals surface area contributed by atoms with E-state index in [9.17, 15) is 0 Å². The Morgan fingerprint density at radius 1 is 0.393 bits per heavy atom. The molecule has 11 aromatic rings. The van der Waals surface area contributed by atoms with Gasteiger partial charge < -0.3 is 4.74 Å². The zero-order chi connectivity index (χ0) is 40.1. The van der Waals surface area contributed by atoms with Crippen LogP contribution in [0.25, 0.3) is 87.1 Å². The molecule has 0 unspecified atom stereocenters. The summed E-state index contributed by atoms with van der Waals surface area (Å²) in [6.45, 7) is 0. The Bertz CT molecular complexity index is 3550. The van der Waals surface area contributed by atoms with Crippen molar-refractivity contribution < 1.29 is 4.74 Å². The Labute approximate surface area is 356 Å². The molecule has 0 atom stereocenters. The van der Waals surface area contributed by atoms with Crippen molar-refractivity contribution in [3.05, 3.63) is 229 Å². The Balaban J connectivity index is 0.999. The Morgan fingerprint density at radius 2 is 0.984 bits per heavy atom. The summed E-state index contributed by atoms with van der Waals surface area (Å²) in [7, 11) is 0.